The van der Waals surface area contributed by atoms with Gasteiger partial charge in [-0.2, -0.15) is 5.10 Å². The SMILES string of the molecule is CC[C@@H](NC(=O)c1cc(-c2ccccc2F)n[nH]1)c1ncc(C)[nH]1. The fourth-order valence-corrected chi connectivity index (χ4v) is 2.45. The normalized spacial score (nSPS) is 12.1. The highest BCUT2D eigenvalue weighted by Crippen LogP contribution is 2.21. The molecule has 0 spiro atoms. The van der Waals surface area contributed by atoms with Crippen LogP contribution in [-0.2, 0) is 0 Å². The molecule has 0 aliphatic heterocycles. The summed E-state index contributed by atoms with van der Waals surface area (Å²) in [4.78, 5) is 19.8. The zero-order valence-corrected chi connectivity index (χ0v) is 13.4. The van der Waals surface area contributed by atoms with Crippen molar-refractivity contribution >= 4 is 5.91 Å². The molecule has 0 aliphatic carbocycles. The molecule has 0 radical (unpaired) electrons. The Hall–Kier alpha value is -2.96. The molecule has 0 aliphatic rings. The van der Waals surface area contributed by atoms with Gasteiger partial charge in [-0.15, -0.1) is 0 Å². The van der Waals surface area contributed by atoms with E-state index in [2.05, 4.69) is 25.5 Å². The van der Waals surface area contributed by atoms with Crippen LogP contribution in [0.1, 0.15) is 41.4 Å². The third-order valence-corrected chi connectivity index (χ3v) is 3.74. The molecule has 0 saturated heterocycles. The van der Waals surface area contributed by atoms with Gasteiger partial charge in [-0.25, -0.2) is 9.37 Å². The van der Waals surface area contributed by atoms with Crippen molar-refractivity contribution in [3.8, 4) is 11.3 Å². The molecule has 24 heavy (non-hydrogen) atoms. The molecule has 3 rings (SSSR count). The predicted octanol–water partition coefficient (Wildman–Crippen LogP) is 3.13. The zero-order chi connectivity index (χ0) is 17.1. The average molecular weight is 327 g/mol. The first-order valence-electron chi connectivity index (χ1n) is 7.71. The number of imidazole rings is 1. The molecule has 3 aromatic rings. The van der Waals surface area contributed by atoms with Crippen molar-refractivity contribution in [2.45, 2.75) is 26.3 Å². The van der Waals surface area contributed by atoms with Crippen LogP contribution in [0.25, 0.3) is 11.3 Å². The van der Waals surface area contributed by atoms with Crippen LogP contribution in [0, 0.1) is 12.7 Å². The largest absolute Gasteiger partial charge is 0.344 e. The van der Waals surface area contributed by atoms with Crippen LogP contribution in [0.3, 0.4) is 0 Å². The maximum Gasteiger partial charge on any atom is 0.269 e. The summed E-state index contributed by atoms with van der Waals surface area (Å²) >= 11 is 0. The summed E-state index contributed by atoms with van der Waals surface area (Å²) < 4.78 is 13.8. The highest BCUT2D eigenvalue weighted by Gasteiger charge is 2.19. The Balaban J connectivity index is 1.77. The minimum absolute atomic E-state index is 0.230. The molecule has 1 atom stereocenters. The van der Waals surface area contributed by atoms with Crippen LogP contribution >= 0.6 is 0 Å². The average Bonchev–Trinajstić information content (AvgIpc) is 3.22. The van der Waals surface area contributed by atoms with E-state index in [0.717, 1.165) is 5.69 Å². The van der Waals surface area contributed by atoms with Crippen LogP contribution in [0.2, 0.25) is 0 Å². The van der Waals surface area contributed by atoms with E-state index in [1.165, 1.54) is 12.1 Å². The lowest BCUT2D eigenvalue weighted by Gasteiger charge is -2.13. The Kier molecular flexibility index (Phi) is 4.41. The van der Waals surface area contributed by atoms with Gasteiger partial charge in [0.05, 0.1) is 11.7 Å². The van der Waals surface area contributed by atoms with Gasteiger partial charge >= 0.3 is 0 Å². The second-order valence-corrected chi connectivity index (χ2v) is 5.53. The minimum atomic E-state index is -0.381. The summed E-state index contributed by atoms with van der Waals surface area (Å²) in [5.41, 5.74) is 1.94. The van der Waals surface area contributed by atoms with Crippen LogP contribution in [0.15, 0.2) is 36.5 Å². The highest BCUT2D eigenvalue weighted by atomic mass is 19.1. The molecular weight excluding hydrogens is 309 g/mol. The van der Waals surface area contributed by atoms with Crippen molar-refractivity contribution < 1.29 is 9.18 Å². The van der Waals surface area contributed by atoms with E-state index in [1.807, 2.05) is 13.8 Å². The van der Waals surface area contributed by atoms with Gasteiger partial charge in [0.15, 0.2) is 0 Å². The zero-order valence-electron chi connectivity index (χ0n) is 13.4. The number of H-pyrrole nitrogens is 2. The molecule has 124 valence electrons. The monoisotopic (exact) mass is 327 g/mol. The van der Waals surface area contributed by atoms with Gasteiger partial charge in [0.1, 0.15) is 17.3 Å². The number of benzene rings is 1. The molecule has 0 saturated carbocycles. The Morgan fingerprint density at radius 2 is 2.17 bits per heavy atom. The van der Waals surface area contributed by atoms with Crippen LogP contribution in [0.5, 0.6) is 0 Å². The lowest BCUT2D eigenvalue weighted by Crippen LogP contribution is -2.29. The summed E-state index contributed by atoms with van der Waals surface area (Å²) in [6, 6.07) is 7.61. The first kappa shape index (κ1) is 15.9. The predicted molar refractivity (Wildman–Crippen MR) is 87.8 cm³/mol. The molecule has 2 aromatic heterocycles. The number of hydrogen-bond acceptors (Lipinski definition) is 3. The maximum absolute atomic E-state index is 13.8. The molecule has 6 nitrogen and oxygen atoms in total. The Bertz CT molecular complexity index is 854. The lowest BCUT2D eigenvalue weighted by atomic mass is 10.1. The Morgan fingerprint density at radius 1 is 1.38 bits per heavy atom. The summed E-state index contributed by atoms with van der Waals surface area (Å²) in [6.07, 6.45) is 2.41. The van der Waals surface area contributed by atoms with Crippen molar-refractivity contribution in [3.63, 3.8) is 0 Å². The number of aromatic amines is 2. The first-order chi connectivity index (χ1) is 11.6. The third-order valence-electron chi connectivity index (χ3n) is 3.74. The van der Waals surface area contributed by atoms with E-state index in [-0.39, 0.29) is 23.5 Å². The number of carbonyl (C=O) groups is 1. The molecule has 7 heteroatoms. The minimum Gasteiger partial charge on any atom is -0.344 e. The fraction of sp³-hybridized carbons (Fsp3) is 0.235. The number of rotatable bonds is 5. The smallest absolute Gasteiger partial charge is 0.269 e. The van der Waals surface area contributed by atoms with Gasteiger partial charge in [-0.1, -0.05) is 19.1 Å². The Labute approximate surface area is 138 Å². The van der Waals surface area contributed by atoms with E-state index in [9.17, 15) is 9.18 Å². The van der Waals surface area contributed by atoms with E-state index < -0.39 is 0 Å². The second kappa shape index (κ2) is 6.66. The topological polar surface area (TPSA) is 86.5 Å². The number of hydrogen-bond donors (Lipinski definition) is 3. The number of nitrogens with one attached hydrogen (secondary N) is 3. The number of halogens is 1. The number of amides is 1. The Morgan fingerprint density at radius 3 is 2.83 bits per heavy atom. The standard InChI is InChI=1S/C17H18FN5O/c1-3-13(16-19-9-10(2)20-16)21-17(24)15-8-14(22-23-15)11-6-4-5-7-12(11)18/h4-9,13H,3H2,1-2H3,(H,19,20)(H,21,24)(H,22,23)/t13-/m1/s1. The number of carbonyl (C=O) groups excluding carboxylic acids is 1. The third kappa shape index (κ3) is 3.19. The molecule has 0 unspecified atom stereocenters. The number of aromatic nitrogens is 4. The first-order valence-corrected chi connectivity index (χ1v) is 7.71. The van der Waals surface area contributed by atoms with E-state index >= 15 is 0 Å². The van der Waals surface area contributed by atoms with Gasteiger partial charge in [0, 0.05) is 17.5 Å². The molecule has 1 aromatic carbocycles. The van der Waals surface area contributed by atoms with Crippen LogP contribution in [-0.4, -0.2) is 26.1 Å². The maximum atomic E-state index is 13.8. The summed E-state index contributed by atoms with van der Waals surface area (Å²) in [6.45, 7) is 3.86. The molecule has 0 fully saturated rings. The fourth-order valence-electron chi connectivity index (χ4n) is 2.45. The molecule has 0 bridgehead atoms. The summed E-state index contributed by atoms with van der Waals surface area (Å²) in [7, 11) is 0. The van der Waals surface area contributed by atoms with Crippen molar-refractivity contribution in [2.75, 3.05) is 0 Å². The van der Waals surface area contributed by atoms with Crippen LogP contribution < -0.4 is 5.32 Å². The van der Waals surface area contributed by atoms with E-state index in [1.54, 1.807) is 24.4 Å². The van der Waals surface area contributed by atoms with Gasteiger partial charge in [-0.3, -0.25) is 9.89 Å². The van der Waals surface area contributed by atoms with Crippen molar-refractivity contribution in [3.05, 3.63) is 59.6 Å². The van der Waals surface area contributed by atoms with Gasteiger partial charge in [0.25, 0.3) is 5.91 Å². The molecule has 3 N–H and O–H groups in total. The van der Waals surface area contributed by atoms with E-state index in [0.29, 0.717) is 23.5 Å². The lowest BCUT2D eigenvalue weighted by molar-refractivity contribution is 0.0928. The highest BCUT2D eigenvalue weighted by molar-refractivity contribution is 5.93. The van der Waals surface area contributed by atoms with Crippen molar-refractivity contribution in [1.29, 1.82) is 0 Å². The van der Waals surface area contributed by atoms with Gasteiger partial charge in [-0.05, 0) is 31.5 Å². The van der Waals surface area contributed by atoms with Gasteiger partial charge < -0.3 is 10.3 Å². The van der Waals surface area contributed by atoms with Gasteiger partial charge in [0.2, 0.25) is 0 Å². The molecule has 1 amide bonds. The quantitative estimate of drug-likeness (QED) is 0.673. The number of nitrogens with zero attached hydrogens (tertiary/aromatic N) is 2. The molecular formula is C17H18FN5O. The van der Waals surface area contributed by atoms with Crippen molar-refractivity contribution in [1.82, 2.24) is 25.5 Å². The number of aryl methyl sites for hydroxylation is 1. The van der Waals surface area contributed by atoms with Crippen LogP contribution in [0.4, 0.5) is 4.39 Å². The molecule has 2 heterocycles. The second-order valence-electron chi connectivity index (χ2n) is 5.53. The summed E-state index contributed by atoms with van der Waals surface area (Å²) in [5.74, 6) is 0.0108. The summed E-state index contributed by atoms with van der Waals surface area (Å²) in [5, 5.41) is 9.58. The van der Waals surface area contributed by atoms with Crippen molar-refractivity contribution in [2.24, 2.45) is 0 Å². The van der Waals surface area contributed by atoms with E-state index in [4.69, 9.17) is 0 Å².